The zero-order valence-electron chi connectivity index (χ0n) is 16.8. The molecule has 5 nitrogen and oxygen atoms in total. The summed E-state index contributed by atoms with van der Waals surface area (Å²) in [6.45, 7) is 12.1. The van der Waals surface area contributed by atoms with Gasteiger partial charge < -0.3 is 15.4 Å². The molecular weight excluding hydrogens is 344 g/mol. The number of guanidine groups is 1. The third-order valence-corrected chi connectivity index (χ3v) is 5.89. The number of nitrogens with zero attached hydrogens (tertiary/aromatic N) is 2. The summed E-state index contributed by atoms with van der Waals surface area (Å²) in [5, 5.41) is 6.83. The summed E-state index contributed by atoms with van der Waals surface area (Å²) in [5.41, 5.74) is 2.63. The van der Waals surface area contributed by atoms with Crippen LogP contribution in [0, 0.1) is 0 Å². The third kappa shape index (κ3) is 7.17. The first-order chi connectivity index (χ1) is 12.4. The van der Waals surface area contributed by atoms with Gasteiger partial charge in [0.2, 0.25) is 0 Å². The Labute approximate surface area is 163 Å². The van der Waals surface area contributed by atoms with Crippen molar-refractivity contribution >= 4 is 17.7 Å². The molecule has 0 spiro atoms. The molecule has 1 aliphatic rings. The van der Waals surface area contributed by atoms with E-state index in [0.717, 1.165) is 45.3 Å². The average molecular weight is 379 g/mol. The molecule has 1 aliphatic heterocycles. The smallest absolute Gasteiger partial charge is 0.191 e. The van der Waals surface area contributed by atoms with Gasteiger partial charge in [0.25, 0.3) is 0 Å². The van der Waals surface area contributed by atoms with Crippen LogP contribution in [0.2, 0.25) is 0 Å². The van der Waals surface area contributed by atoms with E-state index in [2.05, 4.69) is 71.8 Å². The summed E-state index contributed by atoms with van der Waals surface area (Å²) in [6, 6.07) is 8.80. The molecule has 6 heteroatoms. The molecule has 1 heterocycles. The number of hydrogen-bond donors (Lipinski definition) is 2. The molecule has 1 unspecified atom stereocenters. The predicted octanol–water partition coefficient (Wildman–Crippen LogP) is 2.71. The Morgan fingerprint density at radius 1 is 1.35 bits per heavy atom. The summed E-state index contributed by atoms with van der Waals surface area (Å²) in [6.07, 6.45) is 2.46. The third-order valence-electron chi connectivity index (χ3n) is 4.64. The fourth-order valence-corrected chi connectivity index (χ4v) is 3.12. The average Bonchev–Trinajstić information content (AvgIpc) is 2.62. The van der Waals surface area contributed by atoms with E-state index in [9.17, 15) is 0 Å². The van der Waals surface area contributed by atoms with Crippen LogP contribution in [0.3, 0.4) is 0 Å². The molecule has 0 aliphatic carbocycles. The van der Waals surface area contributed by atoms with Gasteiger partial charge in [0.05, 0.1) is 12.7 Å². The summed E-state index contributed by atoms with van der Waals surface area (Å²) < 4.78 is 5.82. The van der Waals surface area contributed by atoms with E-state index in [1.807, 2.05) is 18.8 Å². The molecule has 2 rings (SSSR count). The number of rotatable bonds is 7. The van der Waals surface area contributed by atoms with Crippen molar-refractivity contribution in [3.63, 3.8) is 0 Å². The second-order valence-corrected chi connectivity index (χ2v) is 8.99. The zero-order chi connectivity index (χ0) is 19.0. The van der Waals surface area contributed by atoms with Crippen molar-refractivity contribution in [2.45, 2.75) is 44.7 Å². The van der Waals surface area contributed by atoms with Gasteiger partial charge >= 0.3 is 0 Å². The van der Waals surface area contributed by atoms with Crippen LogP contribution in [0.4, 0.5) is 0 Å². The van der Waals surface area contributed by atoms with Gasteiger partial charge in [-0.3, -0.25) is 9.89 Å². The molecule has 0 saturated carbocycles. The molecule has 1 atom stereocenters. The molecule has 1 saturated heterocycles. The Morgan fingerprint density at radius 3 is 2.81 bits per heavy atom. The van der Waals surface area contributed by atoms with Crippen LogP contribution in [0.25, 0.3) is 0 Å². The minimum atomic E-state index is 0.187. The van der Waals surface area contributed by atoms with Crippen LogP contribution < -0.4 is 10.6 Å². The number of hydrogen-bond acceptors (Lipinski definition) is 4. The van der Waals surface area contributed by atoms with Gasteiger partial charge in [0.15, 0.2) is 5.96 Å². The lowest BCUT2D eigenvalue weighted by Gasteiger charge is -2.31. The van der Waals surface area contributed by atoms with Gasteiger partial charge in [-0.15, -0.1) is 0 Å². The molecule has 26 heavy (non-hydrogen) atoms. The molecule has 1 fully saturated rings. The molecule has 146 valence electrons. The van der Waals surface area contributed by atoms with Gasteiger partial charge in [-0.05, 0) is 38.2 Å². The van der Waals surface area contributed by atoms with Crippen LogP contribution in [-0.4, -0.2) is 61.3 Å². The van der Waals surface area contributed by atoms with Crippen LogP contribution in [0.15, 0.2) is 29.3 Å². The first-order valence-electron chi connectivity index (χ1n) is 9.33. The van der Waals surface area contributed by atoms with Crippen molar-refractivity contribution in [3.8, 4) is 0 Å². The SMILES string of the molecule is CN=C(NCc1cccc(CN2CCOC(C)C2)c1)NCC(C)(C)SC. The van der Waals surface area contributed by atoms with Crippen LogP contribution in [0.1, 0.15) is 31.9 Å². The molecule has 2 N–H and O–H groups in total. The normalized spacial score (nSPS) is 19.4. The predicted molar refractivity (Wildman–Crippen MR) is 113 cm³/mol. The van der Waals surface area contributed by atoms with Gasteiger partial charge in [-0.25, -0.2) is 0 Å². The molecule has 1 aromatic carbocycles. The topological polar surface area (TPSA) is 48.9 Å². The van der Waals surface area contributed by atoms with E-state index in [0.29, 0.717) is 6.10 Å². The maximum Gasteiger partial charge on any atom is 0.191 e. The maximum atomic E-state index is 5.63. The van der Waals surface area contributed by atoms with E-state index in [1.54, 1.807) is 0 Å². The van der Waals surface area contributed by atoms with Crippen LogP contribution in [-0.2, 0) is 17.8 Å². The highest BCUT2D eigenvalue weighted by Crippen LogP contribution is 2.19. The Morgan fingerprint density at radius 2 is 2.12 bits per heavy atom. The second-order valence-electron chi connectivity index (χ2n) is 7.48. The van der Waals surface area contributed by atoms with Gasteiger partial charge in [-0.1, -0.05) is 24.3 Å². The Bertz CT molecular complexity index is 591. The van der Waals surface area contributed by atoms with Crippen LogP contribution >= 0.6 is 11.8 Å². The Balaban J connectivity index is 1.85. The number of benzene rings is 1. The van der Waals surface area contributed by atoms with Crippen molar-refractivity contribution in [3.05, 3.63) is 35.4 Å². The molecule has 1 aromatic rings. The van der Waals surface area contributed by atoms with Gasteiger partial charge in [-0.2, -0.15) is 11.8 Å². The minimum Gasteiger partial charge on any atom is -0.376 e. The quantitative estimate of drug-likeness (QED) is 0.564. The van der Waals surface area contributed by atoms with Crippen molar-refractivity contribution < 1.29 is 4.74 Å². The highest BCUT2D eigenvalue weighted by atomic mass is 32.2. The lowest BCUT2D eigenvalue weighted by molar-refractivity contribution is -0.0212. The van der Waals surface area contributed by atoms with Crippen molar-refractivity contribution in [2.24, 2.45) is 4.99 Å². The highest BCUT2D eigenvalue weighted by molar-refractivity contribution is 7.99. The lowest BCUT2D eigenvalue weighted by Crippen LogP contribution is -2.43. The van der Waals surface area contributed by atoms with E-state index in [-0.39, 0.29) is 4.75 Å². The van der Waals surface area contributed by atoms with E-state index < -0.39 is 0 Å². The van der Waals surface area contributed by atoms with E-state index >= 15 is 0 Å². The van der Waals surface area contributed by atoms with Crippen LogP contribution in [0.5, 0.6) is 0 Å². The monoisotopic (exact) mass is 378 g/mol. The minimum absolute atomic E-state index is 0.187. The first kappa shape index (κ1) is 21.1. The molecule has 0 aromatic heterocycles. The second kappa shape index (κ2) is 10.2. The summed E-state index contributed by atoms with van der Waals surface area (Å²) in [5.74, 6) is 0.847. The standard InChI is InChI=1S/C20H34N4OS/c1-16-13-24(9-10-25-16)14-18-8-6-7-17(11-18)12-22-19(21-4)23-15-20(2,3)26-5/h6-8,11,16H,9-10,12-15H2,1-5H3,(H2,21,22,23). The number of aliphatic imine (C=N–C) groups is 1. The number of thioether (sulfide) groups is 1. The fraction of sp³-hybridized carbons (Fsp3) is 0.650. The number of morpholine rings is 1. The van der Waals surface area contributed by atoms with Crippen molar-refractivity contribution in [1.29, 1.82) is 0 Å². The highest BCUT2D eigenvalue weighted by Gasteiger charge is 2.17. The Hall–Kier alpha value is -1.24. The Kier molecular flexibility index (Phi) is 8.25. The maximum absolute atomic E-state index is 5.63. The molecule has 0 amide bonds. The number of nitrogens with one attached hydrogen (secondary N) is 2. The molecule has 0 radical (unpaired) electrons. The lowest BCUT2D eigenvalue weighted by atomic mass is 10.1. The molecular formula is C20H34N4OS. The summed E-state index contributed by atoms with van der Waals surface area (Å²) in [4.78, 5) is 6.79. The van der Waals surface area contributed by atoms with Crippen molar-refractivity contribution in [1.82, 2.24) is 15.5 Å². The molecule has 0 bridgehead atoms. The van der Waals surface area contributed by atoms with Gasteiger partial charge in [0.1, 0.15) is 0 Å². The summed E-state index contributed by atoms with van der Waals surface area (Å²) in [7, 11) is 1.82. The van der Waals surface area contributed by atoms with E-state index in [4.69, 9.17) is 4.74 Å². The zero-order valence-corrected chi connectivity index (χ0v) is 17.7. The van der Waals surface area contributed by atoms with E-state index in [1.165, 1.54) is 11.1 Å². The van der Waals surface area contributed by atoms with Gasteiger partial charge in [0, 0.05) is 44.5 Å². The fourth-order valence-electron chi connectivity index (χ4n) is 2.91. The van der Waals surface area contributed by atoms with Crippen molar-refractivity contribution in [2.75, 3.05) is 39.5 Å². The summed E-state index contributed by atoms with van der Waals surface area (Å²) >= 11 is 1.85. The first-order valence-corrected chi connectivity index (χ1v) is 10.6. The number of ether oxygens (including phenoxy) is 1. The largest absolute Gasteiger partial charge is 0.376 e.